The Morgan fingerprint density at radius 2 is 2.24 bits per heavy atom. The molecule has 2 aliphatic rings. The third kappa shape index (κ3) is 3.22. The van der Waals surface area contributed by atoms with Gasteiger partial charge >= 0.3 is 0 Å². The molecule has 0 radical (unpaired) electrons. The number of hydrogen-bond acceptors (Lipinski definition) is 5. The highest BCUT2D eigenvalue weighted by molar-refractivity contribution is 5.94. The van der Waals surface area contributed by atoms with E-state index in [4.69, 9.17) is 9.47 Å². The summed E-state index contributed by atoms with van der Waals surface area (Å²) in [7, 11) is 0. The zero-order chi connectivity index (χ0) is 17.2. The summed E-state index contributed by atoms with van der Waals surface area (Å²) >= 11 is 0. The summed E-state index contributed by atoms with van der Waals surface area (Å²) in [6.07, 6.45) is 6.63. The van der Waals surface area contributed by atoms with Gasteiger partial charge in [-0.2, -0.15) is 0 Å². The topological polar surface area (TPSA) is 64.6 Å². The standard InChI is InChI=1S/C19H21N3O3/c1-13-10-14(12-20-11-13)19(23)22-8-9-24-18-15(22)5-6-16(18)25-17-4-2-3-7-21-17/h2-4,7,10-12,15-16,18H,5-6,8-9H2,1H3/t15-,16+,18+/m1/s1. The van der Waals surface area contributed by atoms with Crippen LogP contribution in [0.25, 0.3) is 0 Å². The SMILES string of the molecule is Cc1cncc(C(=O)N2CCO[C@@H]3[C@@H](Oc4ccccn4)CC[C@H]32)c1. The lowest BCUT2D eigenvalue weighted by Crippen LogP contribution is -2.54. The Kier molecular flexibility index (Phi) is 4.36. The summed E-state index contributed by atoms with van der Waals surface area (Å²) in [5.74, 6) is 0.621. The van der Waals surface area contributed by atoms with Crippen molar-refractivity contribution in [2.24, 2.45) is 0 Å². The van der Waals surface area contributed by atoms with Crippen molar-refractivity contribution >= 4 is 5.91 Å². The lowest BCUT2D eigenvalue weighted by Gasteiger charge is -2.39. The van der Waals surface area contributed by atoms with Gasteiger partial charge in [-0.05, 0) is 37.5 Å². The first-order valence-corrected chi connectivity index (χ1v) is 8.64. The van der Waals surface area contributed by atoms with Crippen LogP contribution in [0, 0.1) is 6.92 Å². The van der Waals surface area contributed by atoms with E-state index in [9.17, 15) is 4.79 Å². The minimum absolute atomic E-state index is 0.0213. The van der Waals surface area contributed by atoms with Crippen molar-refractivity contribution < 1.29 is 14.3 Å². The van der Waals surface area contributed by atoms with Crippen LogP contribution < -0.4 is 4.74 Å². The number of nitrogens with zero attached hydrogens (tertiary/aromatic N) is 3. The second kappa shape index (κ2) is 6.80. The molecular weight excluding hydrogens is 318 g/mol. The van der Waals surface area contributed by atoms with Gasteiger partial charge < -0.3 is 14.4 Å². The lowest BCUT2D eigenvalue weighted by atomic mass is 10.1. The fraction of sp³-hybridized carbons (Fsp3) is 0.421. The first kappa shape index (κ1) is 16.0. The maximum absolute atomic E-state index is 12.9. The molecule has 0 bridgehead atoms. The average Bonchev–Trinajstić information content (AvgIpc) is 3.05. The Balaban J connectivity index is 1.50. The van der Waals surface area contributed by atoms with E-state index in [2.05, 4.69) is 9.97 Å². The summed E-state index contributed by atoms with van der Waals surface area (Å²) in [4.78, 5) is 23.2. The number of pyridine rings is 2. The Morgan fingerprint density at radius 3 is 3.04 bits per heavy atom. The fourth-order valence-corrected chi connectivity index (χ4v) is 3.70. The minimum Gasteiger partial charge on any atom is -0.471 e. The molecule has 6 heteroatoms. The summed E-state index contributed by atoms with van der Waals surface area (Å²) in [5.41, 5.74) is 1.62. The molecule has 0 spiro atoms. The molecular formula is C19H21N3O3. The van der Waals surface area contributed by atoms with E-state index in [1.807, 2.05) is 36.1 Å². The first-order chi connectivity index (χ1) is 12.2. The highest BCUT2D eigenvalue weighted by Crippen LogP contribution is 2.33. The van der Waals surface area contributed by atoms with Crippen LogP contribution in [0.3, 0.4) is 0 Å². The van der Waals surface area contributed by atoms with E-state index >= 15 is 0 Å². The van der Waals surface area contributed by atoms with Gasteiger partial charge in [0, 0.05) is 31.2 Å². The number of hydrogen-bond donors (Lipinski definition) is 0. The predicted octanol–water partition coefficient (Wildman–Crippen LogP) is 2.24. The van der Waals surface area contributed by atoms with Gasteiger partial charge in [-0.15, -0.1) is 0 Å². The maximum atomic E-state index is 12.9. The predicted molar refractivity (Wildman–Crippen MR) is 91.4 cm³/mol. The molecule has 2 fully saturated rings. The molecule has 6 nitrogen and oxygen atoms in total. The molecule has 1 aliphatic heterocycles. The number of morpholine rings is 1. The monoisotopic (exact) mass is 339 g/mol. The van der Waals surface area contributed by atoms with Crippen molar-refractivity contribution in [3.63, 3.8) is 0 Å². The molecule has 2 aromatic rings. The molecule has 4 rings (SSSR count). The van der Waals surface area contributed by atoms with Gasteiger partial charge in [-0.1, -0.05) is 6.07 Å². The molecule has 1 saturated heterocycles. The van der Waals surface area contributed by atoms with Crippen LogP contribution in [-0.2, 0) is 4.74 Å². The Hall–Kier alpha value is -2.47. The third-order valence-electron chi connectivity index (χ3n) is 4.83. The van der Waals surface area contributed by atoms with Crippen LogP contribution in [0.15, 0.2) is 42.9 Å². The molecule has 3 atom stereocenters. The largest absolute Gasteiger partial charge is 0.471 e. The number of aryl methyl sites for hydroxylation is 1. The van der Waals surface area contributed by atoms with E-state index in [0.717, 1.165) is 18.4 Å². The van der Waals surface area contributed by atoms with E-state index in [1.165, 1.54) is 0 Å². The van der Waals surface area contributed by atoms with Crippen molar-refractivity contribution in [1.82, 2.24) is 14.9 Å². The van der Waals surface area contributed by atoms with Crippen LogP contribution >= 0.6 is 0 Å². The molecule has 1 saturated carbocycles. The molecule has 1 amide bonds. The normalized spacial score (nSPS) is 25.5. The summed E-state index contributed by atoms with van der Waals surface area (Å²) in [5, 5.41) is 0. The van der Waals surface area contributed by atoms with Gasteiger partial charge in [0.15, 0.2) is 0 Å². The molecule has 130 valence electrons. The highest BCUT2D eigenvalue weighted by Gasteiger charge is 2.46. The molecule has 1 aliphatic carbocycles. The van der Waals surface area contributed by atoms with Crippen molar-refractivity contribution in [3.05, 3.63) is 54.0 Å². The highest BCUT2D eigenvalue weighted by atomic mass is 16.5. The molecule has 0 aromatic carbocycles. The van der Waals surface area contributed by atoms with Gasteiger partial charge in [-0.25, -0.2) is 4.98 Å². The van der Waals surface area contributed by atoms with Gasteiger partial charge in [-0.3, -0.25) is 9.78 Å². The minimum atomic E-state index is -0.113. The Bertz CT molecular complexity index is 753. The first-order valence-electron chi connectivity index (χ1n) is 8.64. The van der Waals surface area contributed by atoms with Crippen molar-refractivity contribution in [2.45, 2.75) is 38.0 Å². The smallest absolute Gasteiger partial charge is 0.255 e. The molecule has 2 aromatic heterocycles. The second-order valence-electron chi connectivity index (χ2n) is 6.55. The van der Waals surface area contributed by atoms with Crippen LogP contribution in [0.4, 0.5) is 0 Å². The van der Waals surface area contributed by atoms with Crippen molar-refractivity contribution in [2.75, 3.05) is 13.2 Å². The van der Waals surface area contributed by atoms with E-state index in [0.29, 0.717) is 24.6 Å². The number of ether oxygens (including phenoxy) is 2. The van der Waals surface area contributed by atoms with Crippen LogP contribution in [0.5, 0.6) is 5.88 Å². The number of aromatic nitrogens is 2. The molecule has 25 heavy (non-hydrogen) atoms. The number of carbonyl (C=O) groups is 1. The third-order valence-corrected chi connectivity index (χ3v) is 4.83. The van der Waals surface area contributed by atoms with Crippen LogP contribution in [0.2, 0.25) is 0 Å². The van der Waals surface area contributed by atoms with E-state index in [1.54, 1.807) is 18.6 Å². The van der Waals surface area contributed by atoms with Crippen molar-refractivity contribution in [1.29, 1.82) is 0 Å². The van der Waals surface area contributed by atoms with Crippen LogP contribution in [0.1, 0.15) is 28.8 Å². The molecule has 3 heterocycles. The summed E-state index contributed by atoms with van der Waals surface area (Å²) < 4.78 is 12.0. The molecule has 0 unspecified atom stereocenters. The number of carbonyl (C=O) groups excluding carboxylic acids is 1. The van der Waals surface area contributed by atoms with E-state index < -0.39 is 0 Å². The number of rotatable bonds is 3. The summed E-state index contributed by atoms with van der Waals surface area (Å²) in [6.45, 7) is 3.07. The Morgan fingerprint density at radius 1 is 1.32 bits per heavy atom. The zero-order valence-electron chi connectivity index (χ0n) is 14.2. The number of fused-ring (bicyclic) bond motifs is 1. The maximum Gasteiger partial charge on any atom is 0.255 e. The van der Waals surface area contributed by atoms with Gasteiger partial charge in [0.1, 0.15) is 12.2 Å². The number of amides is 1. The lowest BCUT2D eigenvalue weighted by molar-refractivity contribution is -0.0793. The Labute approximate surface area is 146 Å². The average molecular weight is 339 g/mol. The van der Waals surface area contributed by atoms with Crippen molar-refractivity contribution in [3.8, 4) is 5.88 Å². The van der Waals surface area contributed by atoms with Gasteiger partial charge in [0.25, 0.3) is 5.91 Å². The molecule has 0 N–H and O–H groups in total. The van der Waals surface area contributed by atoms with Crippen LogP contribution in [-0.4, -0.2) is 52.2 Å². The quantitative estimate of drug-likeness (QED) is 0.858. The second-order valence-corrected chi connectivity index (χ2v) is 6.55. The fourth-order valence-electron chi connectivity index (χ4n) is 3.70. The van der Waals surface area contributed by atoms with Gasteiger partial charge in [0.2, 0.25) is 5.88 Å². The zero-order valence-corrected chi connectivity index (χ0v) is 14.2. The van der Waals surface area contributed by atoms with E-state index in [-0.39, 0.29) is 24.2 Å². The summed E-state index contributed by atoms with van der Waals surface area (Å²) in [6, 6.07) is 7.53. The van der Waals surface area contributed by atoms with Gasteiger partial charge in [0.05, 0.1) is 18.2 Å².